The monoisotopic (exact) mass is 537 g/mol. The maximum Gasteiger partial charge on any atom is 0.266 e. The molecule has 0 bridgehead atoms. The van der Waals surface area contributed by atoms with Crippen molar-refractivity contribution < 1.29 is 9.53 Å². The summed E-state index contributed by atoms with van der Waals surface area (Å²) in [7, 11) is 0. The lowest BCUT2D eigenvalue weighted by atomic mass is 10.0. The molecule has 38 heavy (non-hydrogen) atoms. The molecule has 1 saturated heterocycles. The molecular weight excluding hydrogens is 510 g/mol. The highest BCUT2D eigenvalue weighted by Crippen LogP contribution is 2.39. The van der Waals surface area contributed by atoms with Crippen molar-refractivity contribution in [3.63, 3.8) is 0 Å². The van der Waals surface area contributed by atoms with Gasteiger partial charge in [0.1, 0.15) is 22.4 Å². The Labute approximate surface area is 232 Å². The molecule has 3 aromatic carbocycles. The summed E-state index contributed by atoms with van der Waals surface area (Å²) < 4.78 is 8.15. The van der Waals surface area contributed by atoms with Gasteiger partial charge in [0, 0.05) is 17.3 Å². The molecule has 0 aliphatic carbocycles. The molecule has 1 aromatic heterocycles. The van der Waals surface area contributed by atoms with Crippen LogP contribution in [0.5, 0.6) is 5.75 Å². The van der Waals surface area contributed by atoms with E-state index in [1.54, 1.807) is 11.0 Å². The van der Waals surface area contributed by atoms with Gasteiger partial charge in [0.15, 0.2) is 0 Å². The first-order valence-electron chi connectivity index (χ1n) is 12.3. The van der Waals surface area contributed by atoms with E-state index in [0.717, 1.165) is 39.4 Å². The normalized spacial score (nSPS) is 15.2. The van der Waals surface area contributed by atoms with Gasteiger partial charge >= 0.3 is 0 Å². The highest BCUT2D eigenvalue weighted by Gasteiger charge is 2.36. The van der Waals surface area contributed by atoms with Crippen molar-refractivity contribution in [1.82, 2.24) is 14.7 Å². The molecule has 1 unspecified atom stereocenters. The Morgan fingerprint density at radius 1 is 1.08 bits per heavy atom. The standard InChI is InChI=1S/C31H27N3O2S2/c1-4-17-36-27-16-15-24(18-21(27)2)29-25(20-33(32-29)26-13-9-6-10-14-26)19-28-30(35)34(31(37)38-28)22(3)23-11-7-5-8-12-23/h4-16,18-20,22H,1,17H2,2-3H3/b28-19+. The van der Waals surface area contributed by atoms with E-state index in [0.29, 0.717) is 15.8 Å². The Balaban J connectivity index is 1.54. The van der Waals surface area contributed by atoms with Gasteiger partial charge in [0.2, 0.25) is 0 Å². The van der Waals surface area contributed by atoms with Crippen molar-refractivity contribution in [3.05, 3.63) is 119 Å². The Bertz CT molecular complexity index is 1530. The fourth-order valence-electron chi connectivity index (χ4n) is 4.37. The molecule has 0 N–H and O–H groups in total. The van der Waals surface area contributed by atoms with E-state index in [-0.39, 0.29) is 11.9 Å². The van der Waals surface area contributed by atoms with Crippen LogP contribution in [-0.4, -0.2) is 31.5 Å². The smallest absolute Gasteiger partial charge is 0.266 e. The molecule has 1 fully saturated rings. The van der Waals surface area contributed by atoms with Crippen molar-refractivity contribution >= 4 is 40.3 Å². The zero-order valence-corrected chi connectivity index (χ0v) is 22.8. The number of benzene rings is 3. The number of aryl methyl sites for hydroxylation is 1. The van der Waals surface area contributed by atoms with Gasteiger partial charge in [-0.15, -0.1) is 0 Å². The zero-order valence-electron chi connectivity index (χ0n) is 21.2. The summed E-state index contributed by atoms with van der Waals surface area (Å²) in [5.41, 5.74) is 5.50. The van der Waals surface area contributed by atoms with Crippen LogP contribution in [0.3, 0.4) is 0 Å². The summed E-state index contributed by atoms with van der Waals surface area (Å²) >= 11 is 6.97. The Morgan fingerprint density at radius 2 is 1.79 bits per heavy atom. The molecule has 0 saturated carbocycles. The van der Waals surface area contributed by atoms with Crippen LogP contribution in [0.25, 0.3) is 23.0 Å². The third-order valence-electron chi connectivity index (χ3n) is 6.35. The first-order valence-corrected chi connectivity index (χ1v) is 13.5. The van der Waals surface area contributed by atoms with Crippen LogP contribution in [0.1, 0.15) is 29.7 Å². The van der Waals surface area contributed by atoms with Crippen LogP contribution in [0, 0.1) is 6.92 Å². The summed E-state index contributed by atoms with van der Waals surface area (Å²) in [6, 6.07) is 25.7. The minimum atomic E-state index is -0.160. The van der Waals surface area contributed by atoms with Gasteiger partial charge in [-0.2, -0.15) is 5.10 Å². The van der Waals surface area contributed by atoms with Crippen LogP contribution in [0.15, 0.2) is 103 Å². The van der Waals surface area contributed by atoms with Gasteiger partial charge in [-0.3, -0.25) is 9.69 Å². The SMILES string of the molecule is C=CCOc1ccc(-c2nn(-c3ccccc3)cc2/C=C2/SC(=S)N(C(C)c3ccccc3)C2=O)cc1C. The Hall–Kier alpha value is -3.94. The number of para-hydroxylation sites is 1. The van der Waals surface area contributed by atoms with Crippen molar-refractivity contribution in [3.8, 4) is 22.7 Å². The van der Waals surface area contributed by atoms with Crippen molar-refractivity contribution in [2.45, 2.75) is 19.9 Å². The molecule has 190 valence electrons. The summed E-state index contributed by atoms with van der Waals surface area (Å²) in [5, 5.41) is 4.92. The maximum absolute atomic E-state index is 13.6. The fourth-order valence-corrected chi connectivity index (χ4v) is 5.78. The Morgan fingerprint density at radius 3 is 2.47 bits per heavy atom. The minimum absolute atomic E-state index is 0.0980. The number of carbonyl (C=O) groups excluding carboxylic acids is 1. The van der Waals surface area contributed by atoms with Crippen molar-refractivity contribution in [2.24, 2.45) is 0 Å². The second kappa shape index (κ2) is 11.2. The van der Waals surface area contributed by atoms with Crippen LogP contribution < -0.4 is 4.74 Å². The first kappa shape index (κ1) is 25.7. The zero-order chi connectivity index (χ0) is 26.6. The van der Waals surface area contributed by atoms with E-state index in [2.05, 4.69) is 12.6 Å². The van der Waals surface area contributed by atoms with E-state index in [4.69, 9.17) is 22.1 Å². The molecule has 4 aromatic rings. The van der Waals surface area contributed by atoms with Gasteiger partial charge in [0.25, 0.3) is 5.91 Å². The number of hydrogen-bond acceptors (Lipinski definition) is 5. The number of nitrogens with zero attached hydrogens (tertiary/aromatic N) is 3. The molecule has 1 amide bonds. The molecular formula is C31H27N3O2S2. The van der Waals surface area contributed by atoms with Gasteiger partial charge in [-0.05, 0) is 61.4 Å². The molecule has 0 radical (unpaired) electrons. The van der Waals surface area contributed by atoms with Gasteiger partial charge in [0.05, 0.1) is 16.6 Å². The number of thiocarbonyl (C=S) groups is 1. The second-order valence-electron chi connectivity index (χ2n) is 8.93. The number of hydrogen-bond donors (Lipinski definition) is 0. The Kier molecular flexibility index (Phi) is 7.58. The fraction of sp³-hybridized carbons (Fsp3) is 0.129. The van der Waals surface area contributed by atoms with Gasteiger partial charge in [-0.1, -0.05) is 85.2 Å². The number of ether oxygens (including phenoxy) is 1. The quantitative estimate of drug-likeness (QED) is 0.133. The van der Waals surface area contributed by atoms with E-state index >= 15 is 0 Å². The number of aromatic nitrogens is 2. The summed E-state index contributed by atoms with van der Waals surface area (Å²) in [5.74, 6) is 0.701. The maximum atomic E-state index is 13.6. The van der Waals surface area contributed by atoms with Crippen molar-refractivity contribution in [1.29, 1.82) is 0 Å². The average Bonchev–Trinajstić information content (AvgIpc) is 3.48. The molecule has 1 aliphatic rings. The van der Waals surface area contributed by atoms with Crippen LogP contribution in [-0.2, 0) is 4.79 Å². The highest BCUT2D eigenvalue weighted by atomic mass is 32.2. The minimum Gasteiger partial charge on any atom is -0.489 e. The number of thioether (sulfide) groups is 1. The molecule has 2 heterocycles. The summed E-state index contributed by atoms with van der Waals surface area (Å²) in [6.45, 7) is 8.17. The molecule has 1 atom stereocenters. The topological polar surface area (TPSA) is 47.4 Å². The lowest BCUT2D eigenvalue weighted by Crippen LogP contribution is -2.30. The third-order valence-corrected chi connectivity index (χ3v) is 7.68. The van der Waals surface area contributed by atoms with Crippen LogP contribution >= 0.6 is 24.0 Å². The molecule has 1 aliphatic heterocycles. The van der Waals surface area contributed by atoms with E-state index in [9.17, 15) is 4.79 Å². The largest absolute Gasteiger partial charge is 0.489 e. The molecule has 7 heteroatoms. The number of rotatable bonds is 8. The predicted octanol–water partition coefficient (Wildman–Crippen LogP) is 7.37. The van der Waals surface area contributed by atoms with E-state index in [1.165, 1.54) is 11.8 Å². The number of amides is 1. The van der Waals surface area contributed by atoms with E-state index < -0.39 is 0 Å². The number of carbonyl (C=O) groups is 1. The molecule has 5 nitrogen and oxygen atoms in total. The van der Waals surface area contributed by atoms with Gasteiger partial charge < -0.3 is 4.74 Å². The lowest BCUT2D eigenvalue weighted by Gasteiger charge is -2.23. The second-order valence-corrected chi connectivity index (χ2v) is 10.6. The highest BCUT2D eigenvalue weighted by molar-refractivity contribution is 8.26. The van der Waals surface area contributed by atoms with Crippen molar-refractivity contribution in [2.75, 3.05) is 6.61 Å². The summed E-state index contributed by atoms with van der Waals surface area (Å²) in [4.78, 5) is 15.8. The lowest BCUT2D eigenvalue weighted by molar-refractivity contribution is -0.123. The van der Waals surface area contributed by atoms with Crippen LogP contribution in [0.2, 0.25) is 0 Å². The molecule has 0 spiro atoms. The summed E-state index contributed by atoms with van der Waals surface area (Å²) in [6.07, 6.45) is 5.58. The average molecular weight is 538 g/mol. The third kappa shape index (κ3) is 5.21. The van der Waals surface area contributed by atoms with E-state index in [1.807, 2.05) is 104 Å². The molecule has 5 rings (SSSR count). The first-order chi connectivity index (χ1) is 18.5. The van der Waals surface area contributed by atoms with Gasteiger partial charge in [-0.25, -0.2) is 4.68 Å². The predicted molar refractivity (Wildman–Crippen MR) is 159 cm³/mol. The van der Waals surface area contributed by atoms with Crippen LogP contribution in [0.4, 0.5) is 0 Å².